The number of aryl methyl sites for hydroxylation is 4. The predicted octanol–water partition coefficient (Wildman–Crippen LogP) is 5.43. The van der Waals surface area contributed by atoms with Gasteiger partial charge in [0.1, 0.15) is 11.5 Å². The van der Waals surface area contributed by atoms with Crippen LogP contribution in [0.25, 0.3) is 11.3 Å². The summed E-state index contributed by atoms with van der Waals surface area (Å²) in [6.45, 7) is 7.84. The van der Waals surface area contributed by atoms with Gasteiger partial charge >= 0.3 is 0 Å². The van der Waals surface area contributed by atoms with Crippen LogP contribution >= 0.6 is 0 Å². The lowest BCUT2D eigenvalue weighted by atomic mass is 10.1. The van der Waals surface area contributed by atoms with Crippen LogP contribution < -0.4 is 5.32 Å². The molecule has 1 aromatic heterocycles. The number of rotatable bonds is 3. The van der Waals surface area contributed by atoms with E-state index in [9.17, 15) is 4.79 Å². The summed E-state index contributed by atoms with van der Waals surface area (Å²) >= 11 is 0. The van der Waals surface area contributed by atoms with Crippen LogP contribution in [0.1, 0.15) is 32.8 Å². The maximum Gasteiger partial charge on any atom is 0.259 e. The SMILES string of the molecule is Cc1ccc(-c2cc(C(=O)Nc3c(C)cccc3C)c(C)o2)cc1. The zero-order valence-electron chi connectivity index (χ0n) is 14.4. The molecule has 1 amide bonds. The van der Waals surface area contributed by atoms with Crippen LogP contribution in [0.5, 0.6) is 0 Å². The maximum atomic E-state index is 12.7. The average molecular weight is 319 g/mol. The highest BCUT2D eigenvalue weighted by Gasteiger charge is 2.17. The van der Waals surface area contributed by atoms with Crippen molar-refractivity contribution in [2.24, 2.45) is 0 Å². The van der Waals surface area contributed by atoms with Gasteiger partial charge < -0.3 is 9.73 Å². The second kappa shape index (κ2) is 6.36. The van der Waals surface area contributed by atoms with Crippen LogP contribution in [0.15, 0.2) is 52.9 Å². The van der Waals surface area contributed by atoms with E-state index in [2.05, 4.69) is 5.32 Å². The van der Waals surface area contributed by atoms with E-state index in [0.29, 0.717) is 17.1 Å². The van der Waals surface area contributed by atoms with Gasteiger partial charge in [-0.25, -0.2) is 0 Å². The second-order valence-corrected chi connectivity index (χ2v) is 6.17. The van der Waals surface area contributed by atoms with Crippen molar-refractivity contribution in [2.75, 3.05) is 5.32 Å². The molecule has 1 N–H and O–H groups in total. The molecule has 0 aliphatic carbocycles. The summed E-state index contributed by atoms with van der Waals surface area (Å²) in [5, 5.41) is 3.01. The third-order valence-corrected chi connectivity index (χ3v) is 4.22. The zero-order chi connectivity index (χ0) is 17.3. The van der Waals surface area contributed by atoms with Crippen molar-refractivity contribution >= 4 is 11.6 Å². The summed E-state index contributed by atoms with van der Waals surface area (Å²) in [6, 6.07) is 15.8. The summed E-state index contributed by atoms with van der Waals surface area (Å²) in [5.41, 5.74) is 5.67. The standard InChI is InChI=1S/C21H21NO2/c1-13-8-10-17(11-9-13)19-12-18(16(4)24-19)21(23)22-20-14(2)6-5-7-15(20)3/h5-12H,1-4H3,(H,22,23). The quantitative estimate of drug-likeness (QED) is 0.699. The summed E-state index contributed by atoms with van der Waals surface area (Å²) < 4.78 is 5.80. The van der Waals surface area contributed by atoms with E-state index >= 15 is 0 Å². The van der Waals surface area contributed by atoms with Crippen molar-refractivity contribution in [1.82, 2.24) is 0 Å². The van der Waals surface area contributed by atoms with Crippen molar-refractivity contribution in [2.45, 2.75) is 27.7 Å². The number of anilines is 1. The Morgan fingerprint density at radius 1 is 0.917 bits per heavy atom. The van der Waals surface area contributed by atoms with Gasteiger partial charge in [-0.05, 0) is 44.9 Å². The van der Waals surface area contributed by atoms with Crippen LogP contribution in [-0.2, 0) is 0 Å². The fourth-order valence-corrected chi connectivity index (χ4v) is 2.76. The van der Waals surface area contributed by atoms with Crippen LogP contribution in [0.3, 0.4) is 0 Å². The van der Waals surface area contributed by atoms with Gasteiger partial charge in [0, 0.05) is 11.3 Å². The summed E-state index contributed by atoms with van der Waals surface area (Å²) in [6.07, 6.45) is 0. The molecule has 0 saturated carbocycles. The number of benzene rings is 2. The molecule has 0 fully saturated rings. The fraction of sp³-hybridized carbons (Fsp3) is 0.190. The lowest BCUT2D eigenvalue weighted by Gasteiger charge is -2.10. The number of hydrogen-bond donors (Lipinski definition) is 1. The Hall–Kier alpha value is -2.81. The summed E-state index contributed by atoms with van der Waals surface area (Å²) in [7, 11) is 0. The van der Waals surface area contributed by atoms with Gasteiger partial charge in [-0.2, -0.15) is 0 Å². The molecular weight excluding hydrogens is 298 g/mol. The van der Waals surface area contributed by atoms with Crippen LogP contribution in [0.4, 0.5) is 5.69 Å². The van der Waals surface area contributed by atoms with Crippen molar-refractivity contribution in [3.05, 3.63) is 76.5 Å². The predicted molar refractivity (Wildman–Crippen MR) is 97.5 cm³/mol. The van der Waals surface area contributed by atoms with Crippen molar-refractivity contribution in [3.63, 3.8) is 0 Å². The number of para-hydroxylation sites is 1. The van der Waals surface area contributed by atoms with Crippen molar-refractivity contribution in [1.29, 1.82) is 0 Å². The fourth-order valence-electron chi connectivity index (χ4n) is 2.76. The number of carbonyl (C=O) groups is 1. The van der Waals surface area contributed by atoms with Gasteiger partial charge in [0.25, 0.3) is 5.91 Å². The minimum atomic E-state index is -0.146. The van der Waals surface area contributed by atoms with Gasteiger partial charge in [0.15, 0.2) is 0 Å². The molecule has 3 aromatic rings. The molecule has 3 nitrogen and oxygen atoms in total. The Morgan fingerprint density at radius 3 is 2.17 bits per heavy atom. The highest BCUT2D eigenvalue weighted by atomic mass is 16.3. The molecular formula is C21H21NO2. The van der Waals surface area contributed by atoms with Crippen LogP contribution in [0.2, 0.25) is 0 Å². The zero-order valence-corrected chi connectivity index (χ0v) is 14.4. The van der Waals surface area contributed by atoms with Gasteiger partial charge in [-0.1, -0.05) is 48.0 Å². The molecule has 0 unspecified atom stereocenters. The summed E-state index contributed by atoms with van der Waals surface area (Å²) in [4.78, 5) is 12.7. The Morgan fingerprint density at radius 2 is 1.54 bits per heavy atom. The van der Waals surface area contributed by atoms with Gasteiger partial charge in [0.2, 0.25) is 0 Å². The Kier molecular flexibility index (Phi) is 4.26. The summed E-state index contributed by atoms with van der Waals surface area (Å²) in [5.74, 6) is 1.18. The first-order valence-electron chi connectivity index (χ1n) is 8.01. The van der Waals surface area contributed by atoms with E-state index < -0.39 is 0 Å². The van der Waals surface area contributed by atoms with Crippen molar-refractivity contribution in [3.8, 4) is 11.3 Å². The van der Waals surface area contributed by atoms with E-state index in [1.165, 1.54) is 5.56 Å². The number of carbonyl (C=O) groups excluding carboxylic acids is 1. The van der Waals surface area contributed by atoms with Gasteiger partial charge in [-0.15, -0.1) is 0 Å². The minimum Gasteiger partial charge on any atom is -0.461 e. The number of hydrogen-bond acceptors (Lipinski definition) is 2. The Balaban J connectivity index is 1.90. The molecule has 0 spiro atoms. The van der Waals surface area contributed by atoms with Crippen molar-refractivity contribution < 1.29 is 9.21 Å². The largest absolute Gasteiger partial charge is 0.461 e. The number of nitrogens with one attached hydrogen (secondary N) is 1. The molecule has 1 heterocycles. The molecule has 24 heavy (non-hydrogen) atoms. The van der Waals surface area contributed by atoms with Gasteiger partial charge in [-0.3, -0.25) is 4.79 Å². The van der Waals surface area contributed by atoms with Gasteiger partial charge in [0.05, 0.1) is 5.56 Å². The molecule has 122 valence electrons. The third-order valence-electron chi connectivity index (χ3n) is 4.22. The molecule has 3 rings (SSSR count). The van der Waals surface area contributed by atoms with E-state index in [1.54, 1.807) is 0 Å². The van der Waals surface area contributed by atoms with E-state index in [4.69, 9.17) is 4.42 Å². The smallest absolute Gasteiger partial charge is 0.259 e. The third kappa shape index (κ3) is 3.11. The average Bonchev–Trinajstić information content (AvgIpc) is 2.93. The topological polar surface area (TPSA) is 42.2 Å². The second-order valence-electron chi connectivity index (χ2n) is 6.17. The first-order valence-corrected chi connectivity index (χ1v) is 8.01. The van der Waals surface area contributed by atoms with E-state index in [-0.39, 0.29) is 5.91 Å². The molecule has 3 heteroatoms. The monoisotopic (exact) mass is 319 g/mol. The molecule has 0 aliphatic heterocycles. The molecule has 0 bridgehead atoms. The number of amides is 1. The molecule has 0 radical (unpaired) electrons. The lowest BCUT2D eigenvalue weighted by molar-refractivity contribution is 0.102. The highest BCUT2D eigenvalue weighted by Crippen LogP contribution is 2.27. The molecule has 0 saturated heterocycles. The minimum absolute atomic E-state index is 0.146. The Labute approximate surface area is 142 Å². The normalized spacial score (nSPS) is 10.7. The van der Waals surface area contributed by atoms with Crippen LogP contribution in [-0.4, -0.2) is 5.91 Å². The Bertz CT molecular complexity index is 868. The molecule has 2 aromatic carbocycles. The molecule has 0 atom stereocenters. The van der Waals surface area contributed by atoms with E-state index in [1.807, 2.05) is 76.2 Å². The highest BCUT2D eigenvalue weighted by molar-refractivity contribution is 6.06. The number of furan rings is 1. The molecule has 0 aliphatic rings. The lowest BCUT2D eigenvalue weighted by Crippen LogP contribution is -2.14. The van der Waals surface area contributed by atoms with Crippen LogP contribution in [0, 0.1) is 27.7 Å². The first-order chi connectivity index (χ1) is 11.5. The maximum absolute atomic E-state index is 12.7. The van der Waals surface area contributed by atoms with E-state index in [0.717, 1.165) is 22.4 Å². The first kappa shape index (κ1) is 16.1.